The second-order valence-corrected chi connectivity index (χ2v) is 5.34. The minimum absolute atomic E-state index is 0.166. The first-order chi connectivity index (χ1) is 12.1. The number of benzene rings is 1. The number of ether oxygens (including phenoxy) is 1. The molecule has 2 heterocycles. The minimum atomic E-state index is -0.434. The molecule has 126 valence electrons. The lowest BCUT2D eigenvalue weighted by atomic mass is 10.1. The van der Waals surface area contributed by atoms with Gasteiger partial charge in [-0.3, -0.25) is 9.48 Å². The molecule has 2 aromatic heterocycles. The van der Waals surface area contributed by atoms with Crippen molar-refractivity contribution >= 4 is 17.8 Å². The van der Waals surface area contributed by atoms with Gasteiger partial charge in [-0.15, -0.1) is 0 Å². The number of aromatic nitrogens is 2. The molecule has 0 saturated heterocycles. The molecular formula is C19H16N2O4. The van der Waals surface area contributed by atoms with Crippen LogP contribution in [0.25, 0.3) is 17.4 Å². The maximum absolute atomic E-state index is 12.0. The number of aryl methyl sites for hydroxylation is 1. The molecule has 0 aliphatic heterocycles. The Kier molecular flexibility index (Phi) is 4.61. The Hall–Kier alpha value is -3.41. The quantitative estimate of drug-likeness (QED) is 0.406. The molecule has 0 atom stereocenters. The molecule has 1 aromatic carbocycles. The van der Waals surface area contributed by atoms with Crippen molar-refractivity contribution in [1.82, 2.24) is 9.78 Å². The van der Waals surface area contributed by atoms with E-state index >= 15 is 0 Å². The van der Waals surface area contributed by atoms with Crippen molar-refractivity contribution in [2.45, 2.75) is 0 Å². The minimum Gasteiger partial charge on any atom is -0.465 e. The zero-order valence-electron chi connectivity index (χ0n) is 13.8. The topological polar surface area (TPSA) is 74.3 Å². The number of carbonyl (C=O) groups excluding carboxylic acids is 2. The van der Waals surface area contributed by atoms with E-state index in [1.165, 1.54) is 19.4 Å². The van der Waals surface area contributed by atoms with Gasteiger partial charge in [-0.25, -0.2) is 4.79 Å². The highest BCUT2D eigenvalue weighted by Crippen LogP contribution is 2.27. The zero-order chi connectivity index (χ0) is 17.8. The second-order valence-electron chi connectivity index (χ2n) is 5.34. The highest BCUT2D eigenvalue weighted by molar-refractivity contribution is 6.06. The van der Waals surface area contributed by atoms with Gasteiger partial charge in [-0.2, -0.15) is 5.10 Å². The van der Waals surface area contributed by atoms with Gasteiger partial charge < -0.3 is 9.15 Å². The third-order valence-corrected chi connectivity index (χ3v) is 3.61. The normalized spacial score (nSPS) is 11.0. The van der Waals surface area contributed by atoms with E-state index in [9.17, 15) is 9.59 Å². The maximum Gasteiger partial charge on any atom is 0.338 e. The number of rotatable bonds is 5. The Morgan fingerprint density at radius 3 is 2.72 bits per heavy atom. The van der Waals surface area contributed by atoms with Crippen LogP contribution in [0.2, 0.25) is 0 Å². The average Bonchev–Trinajstić information content (AvgIpc) is 3.28. The van der Waals surface area contributed by atoms with E-state index < -0.39 is 5.97 Å². The first-order valence-electron chi connectivity index (χ1n) is 7.57. The summed E-state index contributed by atoms with van der Waals surface area (Å²) in [6.07, 6.45) is 6.16. The van der Waals surface area contributed by atoms with Crippen molar-refractivity contribution in [1.29, 1.82) is 0 Å². The number of furan rings is 1. The standard InChI is InChI=1S/C19H16N2O4/c1-21-12-13(11-20-21)17(22)9-7-14-8-10-18(25-14)15-5-3-4-6-16(15)19(23)24-2/h3-12H,1-2H3/b9-7+. The summed E-state index contributed by atoms with van der Waals surface area (Å²) >= 11 is 0. The summed E-state index contributed by atoms with van der Waals surface area (Å²) in [7, 11) is 3.08. The molecule has 0 amide bonds. The summed E-state index contributed by atoms with van der Waals surface area (Å²) < 4.78 is 12.1. The van der Waals surface area contributed by atoms with Crippen molar-refractivity contribution in [3.05, 3.63) is 71.8 Å². The fraction of sp³-hybridized carbons (Fsp3) is 0.105. The summed E-state index contributed by atoms with van der Waals surface area (Å²) in [5.74, 6) is 0.429. The Morgan fingerprint density at radius 1 is 1.20 bits per heavy atom. The molecule has 0 aliphatic carbocycles. The number of hydrogen-bond acceptors (Lipinski definition) is 5. The smallest absolute Gasteiger partial charge is 0.338 e. The summed E-state index contributed by atoms with van der Waals surface area (Å²) in [5, 5.41) is 3.97. The lowest BCUT2D eigenvalue weighted by Crippen LogP contribution is -2.02. The number of esters is 1. The van der Waals surface area contributed by atoms with Crippen LogP contribution >= 0.6 is 0 Å². The van der Waals surface area contributed by atoms with E-state index in [0.717, 1.165) is 0 Å². The largest absolute Gasteiger partial charge is 0.465 e. The average molecular weight is 336 g/mol. The van der Waals surface area contributed by atoms with Crippen molar-refractivity contribution in [2.75, 3.05) is 7.11 Å². The van der Waals surface area contributed by atoms with Gasteiger partial charge in [0.1, 0.15) is 11.5 Å². The molecule has 0 radical (unpaired) electrons. The van der Waals surface area contributed by atoms with E-state index in [1.807, 2.05) is 6.07 Å². The molecule has 6 nitrogen and oxygen atoms in total. The highest BCUT2D eigenvalue weighted by atomic mass is 16.5. The number of methoxy groups -OCH3 is 1. The predicted molar refractivity (Wildman–Crippen MR) is 92.1 cm³/mol. The van der Waals surface area contributed by atoms with Crippen molar-refractivity contribution in [2.24, 2.45) is 7.05 Å². The summed E-state index contributed by atoms with van der Waals surface area (Å²) in [4.78, 5) is 23.9. The van der Waals surface area contributed by atoms with Crippen LogP contribution in [0.5, 0.6) is 0 Å². The zero-order valence-corrected chi connectivity index (χ0v) is 13.8. The number of carbonyl (C=O) groups is 2. The van der Waals surface area contributed by atoms with Gasteiger partial charge in [0.25, 0.3) is 0 Å². The lowest BCUT2D eigenvalue weighted by molar-refractivity contribution is 0.0601. The Balaban J connectivity index is 1.83. The monoisotopic (exact) mass is 336 g/mol. The number of nitrogens with zero attached hydrogens (tertiary/aromatic N) is 2. The molecule has 0 unspecified atom stereocenters. The SMILES string of the molecule is COC(=O)c1ccccc1-c1ccc(/C=C/C(=O)c2cnn(C)c2)o1. The van der Waals surface area contributed by atoms with Crippen LogP contribution in [-0.4, -0.2) is 28.6 Å². The van der Waals surface area contributed by atoms with Gasteiger partial charge in [0, 0.05) is 18.8 Å². The molecule has 0 spiro atoms. The van der Waals surface area contributed by atoms with Crippen molar-refractivity contribution in [3.63, 3.8) is 0 Å². The first kappa shape index (κ1) is 16.4. The fourth-order valence-corrected chi connectivity index (χ4v) is 2.38. The molecular weight excluding hydrogens is 320 g/mol. The van der Waals surface area contributed by atoms with Gasteiger partial charge in [0.15, 0.2) is 5.78 Å². The third kappa shape index (κ3) is 3.58. The van der Waals surface area contributed by atoms with Crippen LogP contribution in [0, 0.1) is 0 Å². The molecule has 0 bridgehead atoms. The number of hydrogen-bond donors (Lipinski definition) is 0. The van der Waals surface area contributed by atoms with Crippen LogP contribution in [0.4, 0.5) is 0 Å². The van der Waals surface area contributed by atoms with E-state index in [4.69, 9.17) is 9.15 Å². The molecule has 6 heteroatoms. The molecule has 3 aromatic rings. The van der Waals surface area contributed by atoms with E-state index in [1.54, 1.807) is 54.3 Å². The van der Waals surface area contributed by atoms with Gasteiger partial charge in [-0.05, 0) is 30.4 Å². The first-order valence-corrected chi connectivity index (χ1v) is 7.57. The van der Waals surface area contributed by atoms with Crippen LogP contribution in [0.1, 0.15) is 26.5 Å². The Morgan fingerprint density at radius 2 is 2.00 bits per heavy atom. The van der Waals surface area contributed by atoms with Crippen LogP contribution in [-0.2, 0) is 11.8 Å². The molecule has 0 aliphatic rings. The Labute approximate surface area is 144 Å². The fourth-order valence-electron chi connectivity index (χ4n) is 2.38. The van der Waals surface area contributed by atoms with Crippen molar-refractivity contribution < 1.29 is 18.7 Å². The maximum atomic E-state index is 12.0. The van der Waals surface area contributed by atoms with E-state index in [2.05, 4.69) is 5.10 Å². The highest BCUT2D eigenvalue weighted by Gasteiger charge is 2.15. The molecule has 25 heavy (non-hydrogen) atoms. The summed E-state index contributed by atoms with van der Waals surface area (Å²) in [5.41, 5.74) is 1.55. The Bertz CT molecular complexity index is 950. The molecule has 0 N–H and O–H groups in total. The molecule has 3 rings (SSSR count). The lowest BCUT2D eigenvalue weighted by Gasteiger charge is -2.04. The van der Waals surface area contributed by atoms with E-state index in [0.29, 0.717) is 28.2 Å². The van der Waals surface area contributed by atoms with Crippen LogP contribution in [0.3, 0.4) is 0 Å². The van der Waals surface area contributed by atoms with Gasteiger partial charge in [0.2, 0.25) is 0 Å². The summed E-state index contributed by atoms with van der Waals surface area (Å²) in [6, 6.07) is 10.5. The van der Waals surface area contributed by atoms with Crippen LogP contribution < -0.4 is 0 Å². The molecule has 0 fully saturated rings. The predicted octanol–water partition coefficient (Wildman–Crippen LogP) is 3.36. The van der Waals surface area contributed by atoms with Crippen LogP contribution in [0.15, 0.2) is 59.3 Å². The van der Waals surface area contributed by atoms with E-state index in [-0.39, 0.29) is 5.78 Å². The molecule has 0 saturated carbocycles. The van der Waals surface area contributed by atoms with Gasteiger partial charge >= 0.3 is 5.97 Å². The second kappa shape index (κ2) is 7.00. The summed E-state index contributed by atoms with van der Waals surface area (Å²) in [6.45, 7) is 0. The van der Waals surface area contributed by atoms with Crippen molar-refractivity contribution in [3.8, 4) is 11.3 Å². The van der Waals surface area contributed by atoms with Gasteiger partial charge in [-0.1, -0.05) is 18.2 Å². The third-order valence-electron chi connectivity index (χ3n) is 3.61. The van der Waals surface area contributed by atoms with Gasteiger partial charge in [0.05, 0.1) is 24.4 Å². The number of ketones is 1. The number of allylic oxidation sites excluding steroid dienone is 1.